The van der Waals surface area contributed by atoms with Crippen LogP contribution in [0, 0.1) is 29.4 Å². The van der Waals surface area contributed by atoms with Crippen molar-refractivity contribution in [1.29, 1.82) is 0 Å². The topological polar surface area (TPSA) is 50.9 Å². The first kappa shape index (κ1) is 24.8. The second kappa shape index (κ2) is 10.4. The molecule has 0 bridgehead atoms. The van der Waals surface area contributed by atoms with E-state index in [1.807, 2.05) is 0 Å². The Balaban J connectivity index is 1.84. The first-order valence-corrected chi connectivity index (χ1v) is 11.2. The lowest BCUT2D eigenvalue weighted by molar-refractivity contribution is 0.0223. The first-order chi connectivity index (χ1) is 15.6. The Bertz CT molecular complexity index is 1140. The highest BCUT2D eigenvalue weighted by Gasteiger charge is 2.41. The number of aromatic nitrogens is 3. The van der Waals surface area contributed by atoms with Crippen LogP contribution < -0.4 is 0 Å². The van der Waals surface area contributed by atoms with Crippen LogP contribution in [0.2, 0.25) is 0 Å². The third-order valence-electron chi connectivity index (χ3n) is 5.54. The quantitative estimate of drug-likeness (QED) is 0.403. The first-order valence-electron chi connectivity index (χ1n) is 10.2. The number of alkyl halides is 1. The van der Waals surface area contributed by atoms with Crippen LogP contribution in [0.15, 0.2) is 65.9 Å². The summed E-state index contributed by atoms with van der Waals surface area (Å²) >= 11 is 1.27. The van der Waals surface area contributed by atoms with E-state index in [2.05, 4.69) is 28.5 Å². The van der Waals surface area contributed by atoms with Crippen molar-refractivity contribution < 1.29 is 22.7 Å². The van der Waals surface area contributed by atoms with Gasteiger partial charge in [0.1, 0.15) is 29.9 Å². The van der Waals surface area contributed by atoms with Gasteiger partial charge in [0.15, 0.2) is 12.0 Å². The Morgan fingerprint density at radius 3 is 2.76 bits per heavy atom. The minimum absolute atomic E-state index is 0.179. The van der Waals surface area contributed by atoms with E-state index in [4.69, 9.17) is 0 Å². The van der Waals surface area contributed by atoms with Crippen molar-refractivity contribution in [2.45, 2.75) is 38.1 Å². The van der Waals surface area contributed by atoms with Crippen molar-refractivity contribution in [3.05, 3.63) is 83.1 Å². The summed E-state index contributed by atoms with van der Waals surface area (Å²) < 4.78 is 57.2. The van der Waals surface area contributed by atoms with E-state index in [-0.39, 0.29) is 18.0 Å². The maximum absolute atomic E-state index is 14.8. The predicted molar refractivity (Wildman–Crippen MR) is 120 cm³/mol. The van der Waals surface area contributed by atoms with E-state index in [0.717, 1.165) is 12.1 Å². The summed E-state index contributed by atoms with van der Waals surface area (Å²) in [5, 5.41) is 15.7. The van der Waals surface area contributed by atoms with E-state index in [9.17, 15) is 22.7 Å². The molecule has 1 aromatic heterocycles. The van der Waals surface area contributed by atoms with E-state index in [0.29, 0.717) is 16.2 Å². The van der Waals surface area contributed by atoms with E-state index in [1.165, 1.54) is 47.3 Å². The predicted octanol–water partition coefficient (Wildman–Crippen LogP) is 5.11. The fourth-order valence-electron chi connectivity index (χ4n) is 3.47. The number of hydrogen-bond acceptors (Lipinski definition) is 4. The minimum Gasteiger partial charge on any atom is -0.382 e. The molecule has 3 rings (SSSR count). The molecule has 33 heavy (non-hydrogen) atoms. The molecule has 0 spiro atoms. The normalized spacial score (nSPS) is 19.3. The summed E-state index contributed by atoms with van der Waals surface area (Å²) in [6.45, 7) is 7.31. The van der Waals surface area contributed by atoms with Gasteiger partial charge in [0, 0.05) is 23.3 Å². The van der Waals surface area contributed by atoms with Crippen LogP contribution in [0.3, 0.4) is 0 Å². The summed E-state index contributed by atoms with van der Waals surface area (Å²) in [4.78, 5) is 4.34. The summed E-state index contributed by atoms with van der Waals surface area (Å²) in [6, 6.07) is 3.42. The van der Waals surface area contributed by atoms with Gasteiger partial charge in [-0.05, 0) is 34.4 Å². The van der Waals surface area contributed by atoms with Crippen molar-refractivity contribution in [3.8, 4) is 11.8 Å². The number of rotatable bonds is 9. The molecule has 174 valence electrons. The van der Waals surface area contributed by atoms with E-state index >= 15 is 0 Å². The largest absolute Gasteiger partial charge is 0.382 e. The number of nitrogens with zero attached hydrogens (tertiary/aromatic N) is 3. The van der Waals surface area contributed by atoms with Gasteiger partial charge in [0.05, 0.1) is 6.54 Å². The monoisotopic (exact) mass is 477 g/mol. The highest BCUT2D eigenvalue weighted by atomic mass is 32.2. The van der Waals surface area contributed by atoms with Crippen LogP contribution in [0.25, 0.3) is 0 Å². The molecule has 0 fully saturated rings. The number of thioether (sulfide) groups is 1. The molecule has 9 heteroatoms. The van der Waals surface area contributed by atoms with Gasteiger partial charge >= 0.3 is 0 Å². The summed E-state index contributed by atoms with van der Waals surface area (Å²) in [6.07, 6.45) is 3.23. The molecule has 0 amide bonds. The smallest absolute Gasteiger partial charge is 0.179 e. The van der Waals surface area contributed by atoms with Crippen LogP contribution in [-0.4, -0.2) is 37.4 Å². The molecule has 0 saturated carbocycles. The SMILES string of the molecule is C=C(SCC(C)c1ccc(F)cc1F)C(C)C(O)(Cn1cncn1)C1=C(F)C#CC(F)C=C1. The zero-order valence-corrected chi connectivity index (χ0v) is 18.9. The van der Waals surface area contributed by atoms with Crippen molar-refractivity contribution in [1.82, 2.24) is 14.8 Å². The number of benzene rings is 1. The summed E-state index contributed by atoms with van der Waals surface area (Å²) in [5.41, 5.74) is -1.70. The third kappa shape index (κ3) is 5.75. The lowest BCUT2D eigenvalue weighted by Crippen LogP contribution is -2.43. The third-order valence-corrected chi connectivity index (χ3v) is 6.93. The minimum atomic E-state index is -1.87. The Labute approximate surface area is 194 Å². The molecule has 1 aromatic carbocycles. The second-order valence-electron chi connectivity index (χ2n) is 7.84. The molecule has 4 atom stereocenters. The molecular weight excluding hydrogens is 454 g/mol. The number of allylic oxidation sites excluding steroid dienone is 2. The molecular formula is C24H23F4N3OS. The lowest BCUT2D eigenvalue weighted by atomic mass is 9.80. The van der Waals surface area contributed by atoms with Gasteiger partial charge in [0.25, 0.3) is 0 Å². The summed E-state index contributed by atoms with van der Waals surface area (Å²) in [5.74, 6) is 1.36. The molecule has 1 aliphatic rings. The Morgan fingerprint density at radius 1 is 1.33 bits per heavy atom. The number of hydrogen-bond donors (Lipinski definition) is 1. The molecule has 0 aliphatic heterocycles. The van der Waals surface area contributed by atoms with Crippen molar-refractivity contribution in [2.75, 3.05) is 5.75 Å². The molecule has 1 heterocycles. The van der Waals surface area contributed by atoms with E-state index < -0.39 is 35.2 Å². The van der Waals surface area contributed by atoms with E-state index in [1.54, 1.807) is 13.8 Å². The van der Waals surface area contributed by atoms with Gasteiger partial charge in [-0.1, -0.05) is 38.5 Å². The molecule has 1 N–H and O–H groups in total. The fraction of sp³-hybridized carbons (Fsp3) is 0.333. The maximum Gasteiger partial charge on any atom is 0.179 e. The highest BCUT2D eigenvalue weighted by Crippen LogP contribution is 2.40. The van der Waals surface area contributed by atoms with Gasteiger partial charge in [-0.2, -0.15) is 9.49 Å². The maximum atomic E-state index is 14.8. The van der Waals surface area contributed by atoms with Gasteiger partial charge in [-0.3, -0.25) is 0 Å². The average molecular weight is 478 g/mol. The average Bonchev–Trinajstić information content (AvgIpc) is 3.21. The van der Waals surface area contributed by atoms with Crippen LogP contribution in [0.5, 0.6) is 0 Å². The number of halogens is 4. The standard InChI is InChI=1S/C24H23F4N3OS/c1-15(20-7-4-19(26)10-23(20)28)11-33-17(3)16(2)24(32,12-31-14-29-13-30-31)21-8-5-18(25)6-9-22(21)27/h4-5,7-8,10,13-16,18,32H,3,11-12H2,1-2H3. The zero-order valence-electron chi connectivity index (χ0n) is 18.1. The molecule has 0 radical (unpaired) electrons. The van der Waals surface area contributed by atoms with Crippen molar-refractivity contribution in [2.24, 2.45) is 5.92 Å². The molecule has 2 aromatic rings. The van der Waals surface area contributed by atoms with Crippen LogP contribution >= 0.6 is 11.8 Å². The van der Waals surface area contributed by atoms with Gasteiger partial charge in [-0.15, -0.1) is 11.8 Å². The van der Waals surface area contributed by atoms with Crippen molar-refractivity contribution in [3.63, 3.8) is 0 Å². The molecule has 0 saturated heterocycles. The summed E-state index contributed by atoms with van der Waals surface area (Å²) in [7, 11) is 0. The van der Waals surface area contributed by atoms with Gasteiger partial charge in [-0.25, -0.2) is 22.8 Å². The fourth-order valence-corrected chi connectivity index (χ4v) is 4.56. The number of aliphatic hydroxyl groups is 1. The van der Waals surface area contributed by atoms with Gasteiger partial charge < -0.3 is 5.11 Å². The highest BCUT2D eigenvalue weighted by molar-refractivity contribution is 8.03. The molecule has 1 aliphatic carbocycles. The Hall–Kier alpha value is -2.83. The second-order valence-corrected chi connectivity index (χ2v) is 8.99. The Morgan fingerprint density at radius 2 is 2.09 bits per heavy atom. The van der Waals surface area contributed by atoms with Crippen LogP contribution in [0.1, 0.15) is 25.3 Å². The zero-order chi connectivity index (χ0) is 24.2. The van der Waals surface area contributed by atoms with Crippen molar-refractivity contribution >= 4 is 11.8 Å². The molecule has 4 unspecified atom stereocenters. The van der Waals surface area contributed by atoms with Gasteiger partial charge in [0.2, 0.25) is 0 Å². The molecule has 4 nitrogen and oxygen atoms in total. The lowest BCUT2D eigenvalue weighted by Gasteiger charge is -2.36. The Kier molecular flexibility index (Phi) is 7.82. The van der Waals surface area contributed by atoms with Crippen LogP contribution in [-0.2, 0) is 6.54 Å². The van der Waals surface area contributed by atoms with Crippen LogP contribution in [0.4, 0.5) is 17.6 Å².